The molecule has 108 valence electrons. The zero-order chi connectivity index (χ0) is 14.9. The third-order valence-corrected chi connectivity index (χ3v) is 6.08. The molecule has 0 amide bonds. The Labute approximate surface area is 132 Å². The summed E-state index contributed by atoms with van der Waals surface area (Å²) in [5.41, 5.74) is 2.22. The molecule has 22 heavy (non-hydrogen) atoms. The van der Waals surface area contributed by atoms with Crippen molar-refractivity contribution in [2.75, 3.05) is 0 Å². The van der Waals surface area contributed by atoms with Crippen LogP contribution in [0.25, 0.3) is 16.7 Å². The molecule has 2 saturated carbocycles. The predicted octanol–water partition coefficient (Wildman–Crippen LogP) is 3.74. The molecular weight excluding hydrogens is 292 g/mol. The van der Waals surface area contributed by atoms with Gasteiger partial charge in [-0.1, -0.05) is 12.1 Å². The van der Waals surface area contributed by atoms with E-state index >= 15 is 0 Å². The van der Waals surface area contributed by atoms with Gasteiger partial charge in [0.2, 0.25) is 0 Å². The number of hydrogen-bond acceptors (Lipinski definition) is 4. The summed E-state index contributed by atoms with van der Waals surface area (Å²) < 4.78 is 1.88. The van der Waals surface area contributed by atoms with Gasteiger partial charge >= 0.3 is 0 Å². The van der Waals surface area contributed by atoms with E-state index in [-0.39, 0.29) is 10.8 Å². The molecule has 0 aliphatic heterocycles. The largest absolute Gasteiger partial charge is 0.222 e. The van der Waals surface area contributed by atoms with E-state index in [4.69, 9.17) is 0 Å². The topological polar surface area (TPSA) is 54.5 Å². The molecule has 1 atom stereocenters. The molecule has 2 aromatic heterocycles. The molecule has 2 fully saturated rings. The molecule has 1 aromatic carbocycles. The van der Waals surface area contributed by atoms with Crippen LogP contribution in [0.2, 0.25) is 0 Å². The number of nitrogens with zero attached hydrogens (tertiary/aromatic N) is 4. The molecular formula is C17H14N4S. The van der Waals surface area contributed by atoms with Crippen molar-refractivity contribution >= 4 is 22.2 Å². The molecule has 5 rings (SSSR count). The average molecular weight is 306 g/mol. The molecule has 0 unspecified atom stereocenters. The van der Waals surface area contributed by atoms with Crippen LogP contribution in [0.15, 0.2) is 29.8 Å². The van der Waals surface area contributed by atoms with Gasteiger partial charge < -0.3 is 0 Å². The molecule has 0 N–H and O–H groups in total. The number of benzene rings is 1. The zero-order valence-electron chi connectivity index (χ0n) is 12.2. The summed E-state index contributed by atoms with van der Waals surface area (Å²) in [7, 11) is 0. The van der Waals surface area contributed by atoms with E-state index in [0.717, 1.165) is 33.7 Å². The number of aryl methyl sites for hydroxylation is 1. The fourth-order valence-corrected chi connectivity index (χ4v) is 4.34. The third kappa shape index (κ3) is 1.41. The number of nitriles is 1. The quantitative estimate of drug-likeness (QED) is 0.725. The van der Waals surface area contributed by atoms with E-state index in [0.29, 0.717) is 0 Å². The van der Waals surface area contributed by atoms with Gasteiger partial charge in [0.15, 0.2) is 5.82 Å². The SMILES string of the molecule is Cc1nc(-n2ncc3ccc([C@]4(C#N)CC45CC5)cc32)cs1. The van der Waals surface area contributed by atoms with Crippen molar-refractivity contribution < 1.29 is 0 Å². The smallest absolute Gasteiger partial charge is 0.165 e. The van der Waals surface area contributed by atoms with Crippen LogP contribution in [0, 0.1) is 23.7 Å². The van der Waals surface area contributed by atoms with Gasteiger partial charge in [-0.2, -0.15) is 10.4 Å². The Morgan fingerprint density at radius 1 is 1.36 bits per heavy atom. The second kappa shape index (κ2) is 3.76. The van der Waals surface area contributed by atoms with Crippen molar-refractivity contribution in [1.29, 1.82) is 5.26 Å². The highest BCUT2D eigenvalue weighted by Gasteiger charge is 2.75. The van der Waals surface area contributed by atoms with Crippen molar-refractivity contribution in [1.82, 2.24) is 14.8 Å². The molecule has 0 saturated heterocycles. The van der Waals surface area contributed by atoms with Crippen molar-refractivity contribution in [3.05, 3.63) is 40.3 Å². The van der Waals surface area contributed by atoms with Gasteiger partial charge in [-0.3, -0.25) is 0 Å². The van der Waals surface area contributed by atoms with E-state index < -0.39 is 0 Å². The van der Waals surface area contributed by atoms with Crippen LogP contribution in [0.3, 0.4) is 0 Å². The molecule has 2 aliphatic rings. The van der Waals surface area contributed by atoms with Gasteiger partial charge in [0.05, 0.1) is 28.2 Å². The van der Waals surface area contributed by atoms with Gasteiger partial charge in [-0.25, -0.2) is 9.67 Å². The van der Waals surface area contributed by atoms with Gasteiger partial charge in [0.1, 0.15) is 0 Å². The highest BCUT2D eigenvalue weighted by Crippen LogP contribution is 2.78. The molecule has 0 bridgehead atoms. The van der Waals surface area contributed by atoms with Crippen LogP contribution < -0.4 is 0 Å². The van der Waals surface area contributed by atoms with Crippen LogP contribution >= 0.6 is 11.3 Å². The summed E-state index contributed by atoms with van der Waals surface area (Å²) in [4.78, 5) is 4.53. The van der Waals surface area contributed by atoms with Crippen molar-refractivity contribution in [3.8, 4) is 11.9 Å². The van der Waals surface area contributed by atoms with Crippen molar-refractivity contribution in [2.24, 2.45) is 5.41 Å². The van der Waals surface area contributed by atoms with Crippen LogP contribution in [0.5, 0.6) is 0 Å². The standard InChI is InChI=1S/C17H14N4S/c1-11-20-15(8-22-11)21-14-6-13(3-2-12(14)7-19-21)17(10-18)9-16(17)4-5-16/h2-3,6-8H,4-5,9H2,1H3/t17-/m1/s1. The Morgan fingerprint density at radius 2 is 2.23 bits per heavy atom. The molecule has 1 spiro atoms. The Hall–Kier alpha value is -2.19. The van der Waals surface area contributed by atoms with Crippen LogP contribution in [-0.4, -0.2) is 14.8 Å². The van der Waals surface area contributed by atoms with E-state index in [9.17, 15) is 5.26 Å². The number of aromatic nitrogens is 3. The minimum Gasteiger partial charge on any atom is -0.222 e. The number of fused-ring (bicyclic) bond motifs is 1. The number of rotatable bonds is 2. The molecule has 5 heteroatoms. The predicted molar refractivity (Wildman–Crippen MR) is 85.1 cm³/mol. The molecule has 2 heterocycles. The van der Waals surface area contributed by atoms with Crippen molar-refractivity contribution in [3.63, 3.8) is 0 Å². The van der Waals surface area contributed by atoms with E-state index in [1.807, 2.05) is 23.2 Å². The Morgan fingerprint density at radius 3 is 2.86 bits per heavy atom. The summed E-state index contributed by atoms with van der Waals surface area (Å²) >= 11 is 1.62. The molecule has 3 aromatic rings. The number of thiazole rings is 1. The Balaban J connectivity index is 1.69. The lowest BCUT2D eigenvalue weighted by molar-refractivity contribution is 0.738. The maximum Gasteiger partial charge on any atom is 0.165 e. The monoisotopic (exact) mass is 306 g/mol. The first-order valence-corrected chi connectivity index (χ1v) is 8.38. The Kier molecular flexibility index (Phi) is 2.12. The second-order valence-corrected chi connectivity index (χ2v) is 7.59. The van der Waals surface area contributed by atoms with E-state index in [1.165, 1.54) is 12.8 Å². The van der Waals surface area contributed by atoms with Gasteiger partial charge in [0, 0.05) is 10.8 Å². The van der Waals surface area contributed by atoms with Crippen LogP contribution in [-0.2, 0) is 5.41 Å². The first-order chi connectivity index (χ1) is 10.7. The van der Waals surface area contributed by atoms with E-state index in [2.05, 4.69) is 34.4 Å². The maximum atomic E-state index is 9.71. The second-order valence-electron chi connectivity index (χ2n) is 6.53. The lowest BCUT2D eigenvalue weighted by atomic mass is 9.93. The maximum absolute atomic E-state index is 9.71. The van der Waals surface area contributed by atoms with Gasteiger partial charge in [-0.05, 0) is 43.2 Å². The van der Waals surface area contributed by atoms with Crippen LogP contribution in [0.1, 0.15) is 29.8 Å². The van der Waals surface area contributed by atoms with Crippen molar-refractivity contribution in [2.45, 2.75) is 31.6 Å². The minimum absolute atomic E-state index is 0.256. The molecule has 2 aliphatic carbocycles. The average Bonchev–Trinajstić information content (AvgIpc) is 3.32. The zero-order valence-corrected chi connectivity index (χ0v) is 13.0. The fraction of sp³-hybridized carbons (Fsp3) is 0.353. The number of hydrogen-bond donors (Lipinski definition) is 0. The lowest BCUT2D eigenvalue weighted by Crippen LogP contribution is -2.07. The summed E-state index contributed by atoms with van der Waals surface area (Å²) in [5, 5.41) is 18.3. The highest BCUT2D eigenvalue weighted by molar-refractivity contribution is 7.09. The lowest BCUT2D eigenvalue weighted by Gasteiger charge is -2.09. The van der Waals surface area contributed by atoms with Gasteiger partial charge in [-0.15, -0.1) is 11.3 Å². The summed E-state index contributed by atoms with van der Waals surface area (Å²) in [5.74, 6) is 0.859. The minimum atomic E-state index is -0.256. The third-order valence-electron chi connectivity index (χ3n) is 5.32. The first-order valence-electron chi connectivity index (χ1n) is 7.50. The first kappa shape index (κ1) is 12.4. The fourth-order valence-electron chi connectivity index (χ4n) is 3.76. The Bertz CT molecular complexity index is 957. The molecule has 0 radical (unpaired) electrons. The van der Waals surface area contributed by atoms with E-state index in [1.54, 1.807) is 11.3 Å². The highest BCUT2D eigenvalue weighted by atomic mass is 32.1. The normalized spacial score (nSPS) is 24.5. The summed E-state index contributed by atoms with van der Waals surface area (Å²) in [6.45, 7) is 2.00. The molecule has 4 nitrogen and oxygen atoms in total. The van der Waals surface area contributed by atoms with Gasteiger partial charge in [0.25, 0.3) is 0 Å². The summed E-state index contributed by atoms with van der Waals surface area (Å²) in [6, 6.07) is 8.94. The van der Waals surface area contributed by atoms with Crippen LogP contribution in [0.4, 0.5) is 0 Å². The summed E-state index contributed by atoms with van der Waals surface area (Å²) in [6.07, 6.45) is 5.28.